The molecule has 0 saturated carbocycles. The van der Waals surface area contributed by atoms with E-state index in [0.29, 0.717) is 0 Å². The molecule has 0 aromatic heterocycles. The highest BCUT2D eigenvalue weighted by Gasteiger charge is 2.41. The van der Waals surface area contributed by atoms with Crippen LogP contribution in [0, 0.1) is 0 Å². The summed E-state index contributed by atoms with van der Waals surface area (Å²) in [6.07, 6.45) is -0.0732. The number of rotatable bonds is 4. The van der Waals surface area contributed by atoms with Crippen molar-refractivity contribution in [2.75, 3.05) is 0 Å². The summed E-state index contributed by atoms with van der Waals surface area (Å²) in [5.41, 5.74) is 0. The fourth-order valence-electron chi connectivity index (χ4n) is 0.513. The van der Waals surface area contributed by atoms with Crippen LogP contribution >= 0.6 is 8.25 Å². The van der Waals surface area contributed by atoms with Crippen molar-refractivity contribution in [3.8, 4) is 0 Å². The predicted octanol–water partition coefficient (Wildman–Crippen LogP) is 1.32. The molecule has 0 amide bonds. The van der Waals surface area contributed by atoms with Crippen molar-refractivity contribution in [3.05, 3.63) is 0 Å². The zero-order chi connectivity index (χ0) is 9.07. The standard InChI is InChI=1S/C5H8FO4P/c1-3-4(7)5(2,6)10-11(8)9/h3H2,1-2H3/p+1. The lowest BCUT2D eigenvalue weighted by Gasteiger charge is -2.08. The first-order valence-corrected chi connectivity index (χ1v) is 4.10. The van der Waals surface area contributed by atoms with Crippen molar-refractivity contribution in [2.24, 2.45) is 0 Å². The SMILES string of the molecule is CCC(=O)C(C)(F)O[P+](=O)O. The Labute approximate surface area is 64.3 Å². The Bertz CT molecular complexity index is 179. The molecular weight excluding hydrogens is 174 g/mol. The van der Waals surface area contributed by atoms with Gasteiger partial charge in [-0.25, -0.2) is 0 Å². The largest absolute Gasteiger partial charge is 0.698 e. The van der Waals surface area contributed by atoms with Gasteiger partial charge >= 0.3 is 14.1 Å². The summed E-state index contributed by atoms with van der Waals surface area (Å²) >= 11 is 0. The molecular formula is C5H9FO4P+. The van der Waals surface area contributed by atoms with E-state index < -0.39 is 19.9 Å². The third-order valence-electron chi connectivity index (χ3n) is 1.07. The Hall–Kier alpha value is -0.380. The van der Waals surface area contributed by atoms with Gasteiger partial charge in [0, 0.05) is 17.9 Å². The highest BCUT2D eigenvalue weighted by Crippen LogP contribution is 2.28. The van der Waals surface area contributed by atoms with Crippen LogP contribution in [0.4, 0.5) is 4.39 Å². The second-order valence-electron chi connectivity index (χ2n) is 2.02. The van der Waals surface area contributed by atoms with Crippen LogP contribution < -0.4 is 0 Å². The molecule has 0 aliphatic carbocycles. The molecule has 0 aliphatic rings. The number of carbonyl (C=O) groups excluding carboxylic acids is 1. The monoisotopic (exact) mass is 183 g/mol. The van der Waals surface area contributed by atoms with E-state index in [9.17, 15) is 13.8 Å². The van der Waals surface area contributed by atoms with Crippen LogP contribution in [0.15, 0.2) is 0 Å². The maximum Gasteiger partial charge on any atom is 0.698 e. The molecule has 0 aromatic carbocycles. The molecule has 0 aliphatic heterocycles. The summed E-state index contributed by atoms with van der Waals surface area (Å²) in [5.74, 6) is -3.49. The van der Waals surface area contributed by atoms with Crippen molar-refractivity contribution in [1.29, 1.82) is 0 Å². The lowest BCUT2D eigenvalue weighted by atomic mass is 10.2. The van der Waals surface area contributed by atoms with E-state index in [2.05, 4.69) is 4.52 Å². The van der Waals surface area contributed by atoms with Crippen LogP contribution in [-0.2, 0) is 13.9 Å². The van der Waals surface area contributed by atoms with E-state index in [1.165, 1.54) is 6.92 Å². The van der Waals surface area contributed by atoms with Crippen molar-refractivity contribution in [1.82, 2.24) is 0 Å². The van der Waals surface area contributed by atoms with Gasteiger partial charge in [-0.05, 0) is 0 Å². The Morgan fingerprint density at radius 2 is 2.27 bits per heavy atom. The molecule has 0 fully saturated rings. The van der Waals surface area contributed by atoms with E-state index in [0.717, 1.165) is 6.92 Å². The Morgan fingerprint density at radius 1 is 1.82 bits per heavy atom. The van der Waals surface area contributed by atoms with Crippen molar-refractivity contribution >= 4 is 14.0 Å². The van der Waals surface area contributed by atoms with Gasteiger partial charge in [0.05, 0.1) is 0 Å². The highest BCUT2D eigenvalue weighted by molar-refractivity contribution is 7.32. The lowest BCUT2D eigenvalue weighted by Crippen LogP contribution is -2.30. The number of carbonyl (C=O) groups is 1. The van der Waals surface area contributed by atoms with Crippen molar-refractivity contribution in [2.45, 2.75) is 26.1 Å². The molecule has 0 heterocycles. The minimum absolute atomic E-state index is 0.0732. The summed E-state index contributed by atoms with van der Waals surface area (Å²) < 4.78 is 26.6. The fraction of sp³-hybridized carbons (Fsp3) is 0.800. The minimum atomic E-state index is -3.07. The van der Waals surface area contributed by atoms with Gasteiger partial charge in [-0.3, -0.25) is 4.79 Å². The zero-order valence-corrected chi connectivity index (χ0v) is 7.10. The smallest absolute Gasteiger partial charge is 0.293 e. The number of Topliss-reactive ketones (excluding diaryl/α,β-unsaturated/α-hetero) is 1. The molecule has 2 unspecified atom stereocenters. The van der Waals surface area contributed by atoms with Gasteiger partial charge in [-0.1, -0.05) is 11.4 Å². The van der Waals surface area contributed by atoms with Gasteiger partial charge in [0.1, 0.15) is 0 Å². The van der Waals surface area contributed by atoms with Crippen LogP contribution in [0.3, 0.4) is 0 Å². The summed E-state index contributed by atoms with van der Waals surface area (Å²) in [6, 6.07) is 0. The zero-order valence-electron chi connectivity index (χ0n) is 6.20. The maximum absolute atomic E-state index is 12.8. The molecule has 0 saturated heterocycles. The first-order valence-electron chi connectivity index (χ1n) is 2.97. The van der Waals surface area contributed by atoms with Crippen LogP contribution in [0.25, 0.3) is 0 Å². The van der Waals surface area contributed by atoms with E-state index in [-0.39, 0.29) is 6.42 Å². The molecule has 0 radical (unpaired) electrons. The van der Waals surface area contributed by atoms with Gasteiger partial charge in [0.15, 0.2) is 0 Å². The first kappa shape index (κ1) is 10.6. The Kier molecular flexibility index (Phi) is 3.72. The normalized spacial score (nSPS) is 17.3. The average Bonchev–Trinajstić information content (AvgIpc) is 1.83. The van der Waals surface area contributed by atoms with Crippen LogP contribution in [0.1, 0.15) is 20.3 Å². The molecule has 0 aromatic rings. The lowest BCUT2D eigenvalue weighted by molar-refractivity contribution is -0.148. The summed E-state index contributed by atoms with van der Waals surface area (Å²) in [5, 5.41) is 0. The molecule has 0 rings (SSSR count). The fourth-order valence-corrected chi connectivity index (χ4v) is 0.908. The number of hydrogen-bond donors (Lipinski definition) is 1. The molecule has 4 nitrogen and oxygen atoms in total. The van der Waals surface area contributed by atoms with E-state index >= 15 is 0 Å². The topological polar surface area (TPSA) is 63.6 Å². The van der Waals surface area contributed by atoms with Gasteiger partial charge in [0.25, 0.3) is 0 Å². The summed E-state index contributed by atoms with van der Waals surface area (Å²) in [7, 11) is -3.07. The number of halogens is 1. The summed E-state index contributed by atoms with van der Waals surface area (Å²) in [4.78, 5) is 18.8. The molecule has 64 valence electrons. The van der Waals surface area contributed by atoms with Crippen LogP contribution in [0.2, 0.25) is 0 Å². The number of ketones is 1. The van der Waals surface area contributed by atoms with Crippen molar-refractivity contribution in [3.63, 3.8) is 0 Å². The second kappa shape index (κ2) is 3.85. The van der Waals surface area contributed by atoms with Gasteiger partial charge in [0.2, 0.25) is 5.78 Å². The first-order chi connectivity index (χ1) is 4.90. The molecule has 11 heavy (non-hydrogen) atoms. The quantitative estimate of drug-likeness (QED) is 0.667. The average molecular weight is 183 g/mol. The van der Waals surface area contributed by atoms with E-state index in [4.69, 9.17) is 4.89 Å². The third-order valence-corrected chi connectivity index (χ3v) is 1.57. The Morgan fingerprint density at radius 3 is 2.55 bits per heavy atom. The van der Waals surface area contributed by atoms with Crippen LogP contribution in [-0.4, -0.2) is 16.5 Å². The van der Waals surface area contributed by atoms with Crippen molar-refractivity contribution < 1.29 is 23.2 Å². The van der Waals surface area contributed by atoms with Gasteiger partial charge < -0.3 is 0 Å². The highest BCUT2D eigenvalue weighted by atomic mass is 31.1. The molecule has 6 heteroatoms. The third kappa shape index (κ3) is 3.51. The Balaban J connectivity index is 4.21. The number of hydrogen-bond acceptors (Lipinski definition) is 3. The molecule has 2 atom stereocenters. The predicted molar refractivity (Wildman–Crippen MR) is 35.7 cm³/mol. The molecule has 1 N–H and O–H groups in total. The maximum atomic E-state index is 12.8. The van der Waals surface area contributed by atoms with E-state index in [1.54, 1.807) is 0 Å². The van der Waals surface area contributed by atoms with Gasteiger partial charge in [-0.2, -0.15) is 4.39 Å². The molecule has 0 bridgehead atoms. The van der Waals surface area contributed by atoms with Gasteiger partial charge in [-0.15, -0.1) is 4.89 Å². The van der Waals surface area contributed by atoms with Crippen LogP contribution in [0.5, 0.6) is 0 Å². The molecule has 0 spiro atoms. The summed E-state index contributed by atoms with van der Waals surface area (Å²) in [6.45, 7) is 2.25. The minimum Gasteiger partial charge on any atom is -0.293 e. The number of alkyl halides is 1. The second-order valence-corrected chi connectivity index (χ2v) is 2.68. The van der Waals surface area contributed by atoms with E-state index in [1.807, 2.05) is 0 Å².